The Balaban J connectivity index is 0. The second kappa shape index (κ2) is 16.7. The molecule has 0 saturated carbocycles. The maximum absolute atomic E-state index is 10.2. The van der Waals surface area contributed by atoms with Crippen LogP contribution in [0.3, 0.4) is 0 Å². The van der Waals surface area contributed by atoms with Crippen molar-refractivity contribution in [3.63, 3.8) is 0 Å². The Kier molecular flexibility index (Phi) is 17.5. The Morgan fingerprint density at radius 2 is 1.14 bits per heavy atom. The van der Waals surface area contributed by atoms with Crippen LogP contribution in [0.25, 0.3) is 0 Å². The van der Waals surface area contributed by atoms with Crippen molar-refractivity contribution >= 4 is 11.9 Å². The largest absolute Gasteiger partial charge is 0.481 e. The van der Waals surface area contributed by atoms with E-state index in [9.17, 15) is 9.59 Å². The first-order valence-electron chi connectivity index (χ1n) is 8.02. The van der Waals surface area contributed by atoms with Crippen LogP contribution in [0.2, 0.25) is 0 Å². The van der Waals surface area contributed by atoms with Crippen molar-refractivity contribution in [2.24, 2.45) is 0 Å². The van der Waals surface area contributed by atoms with E-state index < -0.39 is 11.9 Å². The third-order valence-electron chi connectivity index (χ3n) is 3.11. The molecule has 0 aromatic carbocycles. The van der Waals surface area contributed by atoms with Crippen LogP contribution in [0, 0.1) is 0 Å². The molecule has 0 spiro atoms. The van der Waals surface area contributed by atoms with Gasteiger partial charge >= 0.3 is 11.9 Å². The summed E-state index contributed by atoms with van der Waals surface area (Å²) >= 11 is 0. The first kappa shape index (κ1) is 22.0. The number of hydrogen-bond donors (Lipinski definition) is 2. The minimum Gasteiger partial charge on any atom is -0.481 e. The molecule has 0 unspecified atom stereocenters. The first-order chi connectivity index (χ1) is 9.91. The predicted octanol–water partition coefficient (Wildman–Crippen LogP) is 5.03. The molecule has 0 rings (SSSR count). The maximum Gasteiger partial charge on any atom is 0.330 e. The summed E-state index contributed by atoms with van der Waals surface area (Å²) in [6.45, 7) is 6.84. The van der Waals surface area contributed by atoms with Crippen molar-refractivity contribution in [3.05, 3.63) is 12.2 Å². The van der Waals surface area contributed by atoms with Crippen LogP contribution < -0.4 is 0 Å². The Hall–Kier alpha value is -1.32. The first-order valence-corrected chi connectivity index (χ1v) is 8.02. The Bertz CT molecular complexity index is 273. The maximum atomic E-state index is 10.2. The van der Waals surface area contributed by atoms with E-state index in [1.165, 1.54) is 58.3 Å². The smallest absolute Gasteiger partial charge is 0.330 e. The van der Waals surface area contributed by atoms with Gasteiger partial charge < -0.3 is 10.2 Å². The monoisotopic (exact) mass is 300 g/mol. The lowest BCUT2D eigenvalue weighted by Gasteiger charge is -2.01. The molecule has 21 heavy (non-hydrogen) atoms. The SMILES string of the molecule is C=C(C)C(=O)O.CCCCCCCCCCCCC(=O)O. The lowest BCUT2D eigenvalue weighted by atomic mass is 10.1. The highest BCUT2D eigenvalue weighted by Gasteiger charge is 1.96. The van der Waals surface area contributed by atoms with E-state index in [0.717, 1.165) is 12.8 Å². The number of rotatable bonds is 12. The van der Waals surface area contributed by atoms with Gasteiger partial charge in [0.15, 0.2) is 0 Å². The Morgan fingerprint density at radius 3 is 1.43 bits per heavy atom. The van der Waals surface area contributed by atoms with Crippen LogP contribution in [-0.2, 0) is 9.59 Å². The van der Waals surface area contributed by atoms with E-state index >= 15 is 0 Å². The van der Waals surface area contributed by atoms with Crippen LogP contribution in [0.4, 0.5) is 0 Å². The Morgan fingerprint density at radius 1 is 0.810 bits per heavy atom. The van der Waals surface area contributed by atoms with Crippen molar-refractivity contribution in [2.45, 2.75) is 84.5 Å². The molecule has 2 N–H and O–H groups in total. The third-order valence-corrected chi connectivity index (χ3v) is 3.11. The molecule has 4 nitrogen and oxygen atoms in total. The summed E-state index contributed by atoms with van der Waals surface area (Å²) in [7, 11) is 0. The van der Waals surface area contributed by atoms with Gasteiger partial charge in [0, 0.05) is 12.0 Å². The van der Waals surface area contributed by atoms with Crippen LogP contribution in [0.1, 0.15) is 84.5 Å². The number of aliphatic carboxylic acids is 2. The van der Waals surface area contributed by atoms with Crippen LogP contribution in [-0.4, -0.2) is 22.2 Å². The summed E-state index contributed by atoms with van der Waals surface area (Å²) in [4.78, 5) is 19.8. The second-order valence-corrected chi connectivity index (χ2v) is 5.41. The normalized spacial score (nSPS) is 9.62. The van der Waals surface area contributed by atoms with Gasteiger partial charge in [0.2, 0.25) is 0 Å². The van der Waals surface area contributed by atoms with Crippen LogP contribution >= 0.6 is 0 Å². The highest BCUT2D eigenvalue weighted by molar-refractivity contribution is 5.84. The van der Waals surface area contributed by atoms with Gasteiger partial charge in [0.05, 0.1) is 0 Å². The zero-order valence-electron chi connectivity index (χ0n) is 13.7. The molecule has 0 amide bonds. The van der Waals surface area contributed by atoms with E-state index in [1.54, 1.807) is 0 Å². The standard InChI is InChI=1S/C13H26O2.C4H6O2/c1-2-3-4-5-6-7-8-9-10-11-12-13(14)15;1-3(2)4(5)6/h2-12H2,1H3,(H,14,15);1H2,2H3,(H,5,6). The molecule has 0 fully saturated rings. The van der Waals surface area contributed by atoms with Gasteiger partial charge in [-0.05, 0) is 13.3 Å². The molecule has 124 valence electrons. The zero-order chi connectivity index (χ0) is 16.5. The summed E-state index contributed by atoms with van der Waals surface area (Å²) in [5.74, 6) is -1.59. The summed E-state index contributed by atoms with van der Waals surface area (Å²) < 4.78 is 0. The van der Waals surface area contributed by atoms with Crippen LogP contribution in [0.15, 0.2) is 12.2 Å². The number of hydrogen-bond acceptors (Lipinski definition) is 2. The molecule has 0 saturated heterocycles. The molecule has 0 radical (unpaired) electrons. The molecule has 4 heteroatoms. The van der Waals surface area contributed by atoms with Gasteiger partial charge in [0.1, 0.15) is 0 Å². The van der Waals surface area contributed by atoms with E-state index in [-0.39, 0.29) is 5.57 Å². The number of carboxylic acid groups (broad SMARTS) is 2. The third kappa shape index (κ3) is 24.1. The summed E-state index contributed by atoms with van der Waals surface area (Å²) in [6, 6.07) is 0. The quantitative estimate of drug-likeness (QED) is 0.391. The summed E-state index contributed by atoms with van der Waals surface area (Å²) in [6.07, 6.45) is 12.9. The topological polar surface area (TPSA) is 74.6 Å². The molecule has 0 aliphatic rings. The minimum absolute atomic E-state index is 0.176. The average Bonchev–Trinajstić information content (AvgIpc) is 2.41. The van der Waals surface area contributed by atoms with Crippen molar-refractivity contribution in [1.82, 2.24) is 0 Å². The molecule has 0 atom stereocenters. The molecule has 0 aliphatic heterocycles. The fraction of sp³-hybridized carbons (Fsp3) is 0.765. The highest BCUT2D eigenvalue weighted by Crippen LogP contribution is 2.11. The van der Waals surface area contributed by atoms with E-state index in [0.29, 0.717) is 6.42 Å². The van der Waals surface area contributed by atoms with Crippen LogP contribution in [0.5, 0.6) is 0 Å². The molecular formula is C17H32O4. The fourth-order valence-corrected chi connectivity index (χ4v) is 1.76. The minimum atomic E-state index is -0.935. The van der Waals surface area contributed by atoms with E-state index in [2.05, 4.69) is 13.5 Å². The van der Waals surface area contributed by atoms with Gasteiger partial charge in [-0.3, -0.25) is 4.79 Å². The van der Waals surface area contributed by atoms with Crippen molar-refractivity contribution in [2.75, 3.05) is 0 Å². The number of carbonyl (C=O) groups is 2. The van der Waals surface area contributed by atoms with Gasteiger partial charge in [-0.15, -0.1) is 0 Å². The molecule has 0 aromatic heterocycles. The van der Waals surface area contributed by atoms with Crippen molar-refractivity contribution in [1.29, 1.82) is 0 Å². The summed E-state index contributed by atoms with van der Waals surface area (Å²) in [5, 5.41) is 16.3. The van der Waals surface area contributed by atoms with Crippen molar-refractivity contribution < 1.29 is 19.8 Å². The van der Waals surface area contributed by atoms with E-state index in [4.69, 9.17) is 10.2 Å². The van der Waals surface area contributed by atoms with Gasteiger partial charge in [-0.1, -0.05) is 71.3 Å². The zero-order valence-corrected chi connectivity index (χ0v) is 13.7. The highest BCUT2D eigenvalue weighted by atomic mass is 16.4. The molecule has 0 aliphatic carbocycles. The summed E-state index contributed by atoms with van der Waals surface area (Å²) in [5.41, 5.74) is 0.176. The second-order valence-electron chi connectivity index (χ2n) is 5.41. The molecular weight excluding hydrogens is 268 g/mol. The fourth-order valence-electron chi connectivity index (χ4n) is 1.76. The number of unbranched alkanes of at least 4 members (excludes halogenated alkanes) is 9. The lowest BCUT2D eigenvalue weighted by Crippen LogP contribution is -1.93. The van der Waals surface area contributed by atoms with E-state index in [1.807, 2.05) is 0 Å². The average molecular weight is 300 g/mol. The Labute approximate surface area is 129 Å². The lowest BCUT2D eigenvalue weighted by molar-refractivity contribution is -0.137. The van der Waals surface area contributed by atoms with Crippen molar-refractivity contribution in [3.8, 4) is 0 Å². The molecule has 0 bridgehead atoms. The molecule has 0 heterocycles. The van der Waals surface area contributed by atoms with Gasteiger partial charge in [-0.2, -0.15) is 0 Å². The van der Waals surface area contributed by atoms with Gasteiger partial charge in [-0.25, -0.2) is 4.79 Å². The predicted molar refractivity (Wildman–Crippen MR) is 86.5 cm³/mol. The van der Waals surface area contributed by atoms with Gasteiger partial charge in [0.25, 0.3) is 0 Å². The number of carboxylic acids is 2. The molecule has 0 aromatic rings.